The van der Waals surface area contributed by atoms with Crippen LogP contribution in [0.2, 0.25) is 0 Å². The van der Waals surface area contributed by atoms with Gasteiger partial charge in [0.15, 0.2) is 0 Å². The SMILES string of the molecule is CCOC(=O)c1cn(C2CC2)c2cc(N3CCN(c4ccc(N5C[C@H](CNC(C)=O)OC5=O)cc4F)CC3)c(F)cc2c1=O. The number of cyclic esters (lactones) is 1. The number of rotatable bonds is 8. The van der Waals surface area contributed by atoms with Crippen LogP contribution in [0.3, 0.4) is 0 Å². The number of benzene rings is 2. The molecule has 1 aliphatic carbocycles. The number of carbonyl (C=O) groups excluding carboxylic acids is 3. The number of piperazine rings is 1. The van der Waals surface area contributed by atoms with Crippen molar-refractivity contribution in [3.8, 4) is 0 Å². The number of anilines is 3. The Morgan fingerprint density at radius 2 is 1.68 bits per heavy atom. The lowest BCUT2D eigenvalue weighted by atomic mass is 10.1. The molecule has 0 unspecified atom stereocenters. The number of aromatic nitrogens is 1. The van der Waals surface area contributed by atoms with Crippen molar-refractivity contribution >= 4 is 45.9 Å². The van der Waals surface area contributed by atoms with Gasteiger partial charge in [0, 0.05) is 50.7 Å². The highest BCUT2D eigenvalue weighted by Gasteiger charge is 2.33. The van der Waals surface area contributed by atoms with E-state index in [4.69, 9.17) is 9.47 Å². The summed E-state index contributed by atoms with van der Waals surface area (Å²) in [6.07, 6.45) is 2.18. The van der Waals surface area contributed by atoms with E-state index in [9.17, 15) is 19.2 Å². The molecule has 3 heterocycles. The second-order valence-corrected chi connectivity index (χ2v) is 11.2. The molecule has 1 saturated carbocycles. The Morgan fingerprint density at radius 1 is 1.00 bits per heavy atom. The smallest absolute Gasteiger partial charge is 0.414 e. The molecule has 11 nitrogen and oxygen atoms in total. The Labute approximate surface area is 251 Å². The lowest BCUT2D eigenvalue weighted by Crippen LogP contribution is -2.47. The summed E-state index contributed by atoms with van der Waals surface area (Å²) in [4.78, 5) is 54.1. The maximum atomic E-state index is 15.5. The fourth-order valence-electron chi connectivity index (χ4n) is 5.81. The highest BCUT2D eigenvalue weighted by atomic mass is 19.1. The first-order chi connectivity index (χ1) is 21.1. The average Bonchev–Trinajstić information content (AvgIpc) is 3.77. The van der Waals surface area contributed by atoms with E-state index in [1.807, 2.05) is 14.4 Å². The van der Waals surface area contributed by atoms with Crippen LogP contribution in [0.15, 0.2) is 41.3 Å². The second-order valence-electron chi connectivity index (χ2n) is 11.2. The Hall–Kier alpha value is -4.68. The van der Waals surface area contributed by atoms with Crippen LogP contribution >= 0.6 is 0 Å². The maximum absolute atomic E-state index is 15.5. The Morgan fingerprint density at radius 3 is 2.32 bits per heavy atom. The molecule has 2 saturated heterocycles. The topological polar surface area (TPSA) is 113 Å². The molecule has 2 amide bonds. The number of pyridine rings is 1. The van der Waals surface area contributed by atoms with Crippen molar-refractivity contribution in [3.05, 3.63) is 63.9 Å². The lowest BCUT2D eigenvalue weighted by Gasteiger charge is -2.37. The number of nitrogens with zero attached hydrogens (tertiary/aromatic N) is 4. The van der Waals surface area contributed by atoms with Crippen LogP contribution in [0.25, 0.3) is 10.9 Å². The minimum Gasteiger partial charge on any atom is -0.462 e. The van der Waals surface area contributed by atoms with Gasteiger partial charge in [0.2, 0.25) is 11.3 Å². The number of fused-ring (bicyclic) bond motifs is 1. The molecule has 0 spiro atoms. The number of carbonyl (C=O) groups is 3. The molecule has 0 bridgehead atoms. The number of amides is 2. The number of ether oxygens (including phenoxy) is 2. The quantitative estimate of drug-likeness (QED) is 0.386. The largest absolute Gasteiger partial charge is 0.462 e. The normalized spacial score (nSPS) is 18.5. The molecule has 2 aliphatic heterocycles. The van der Waals surface area contributed by atoms with Crippen LogP contribution in [-0.2, 0) is 14.3 Å². The van der Waals surface area contributed by atoms with Crippen molar-refractivity contribution in [1.29, 1.82) is 0 Å². The van der Waals surface area contributed by atoms with Crippen molar-refractivity contribution in [1.82, 2.24) is 9.88 Å². The first-order valence-electron chi connectivity index (χ1n) is 14.7. The third-order valence-corrected chi connectivity index (χ3v) is 8.19. The molecule has 44 heavy (non-hydrogen) atoms. The number of hydrogen-bond donors (Lipinski definition) is 1. The van der Waals surface area contributed by atoms with E-state index in [-0.39, 0.29) is 42.6 Å². The van der Waals surface area contributed by atoms with Gasteiger partial charge in [-0.25, -0.2) is 18.4 Å². The average molecular weight is 610 g/mol. The maximum Gasteiger partial charge on any atom is 0.414 e. The molecule has 1 atom stereocenters. The summed E-state index contributed by atoms with van der Waals surface area (Å²) in [7, 11) is 0. The minimum absolute atomic E-state index is 0.105. The summed E-state index contributed by atoms with van der Waals surface area (Å²) >= 11 is 0. The minimum atomic E-state index is -0.721. The van der Waals surface area contributed by atoms with Crippen LogP contribution in [-0.4, -0.2) is 74.5 Å². The van der Waals surface area contributed by atoms with Crippen molar-refractivity contribution in [3.63, 3.8) is 0 Å². The van der Waals surface area contributed by atoms with Gasteiger partial charge in [0.25, 0.3) is 0 Å². The molecule has 1 aromatic heterocycles. The van der Waals surface area contributed by atoms with E-state index >= 15 is 8.78 Å². The van der Waals surface area contributed by atoms with Gasteiger partial charge in [0.1, 0.15) is 23.3 Å². The molecular weight excluding hydrogens is 576 g/mol. The van der Waals surface area contributed by atoms with E-state index in [1.54, 1.807) is 25.1 Å². The van der Waals surface area contributed by atoms with E-state index in [0.29, 0.717) is 48.8 Å². The van der Waals surface area contributed by atoms with Crippen molar-refractivity contribution < 1.29 is 32.6 Å². The second kappa shape index (κ2) is 11.8. The van der Waals surface area contributed by atoms with E-state index < -0.39 is 35.2 Å². The Bertz CT molecular complexity index is 1700. The third kappa shape index (κ3) is 5.65. The zero-order valence-corrected chi connectivity index (χ0v) is 24.5. The fraction of sp³-hybridized carbons (Fsp3) is 0.419. The lowest BCUT2D eigenvalue weighted by molar-refractivity contribution is -0.119. The number of hydrogen-bond acceptors (Lipinski definition) is 8. The number of nitrogens with one attached hydrogen (secondary N) is 1. The first-order valence-corrected chi connectivity index (χ1v) is 14.7. The summed E-state index contributed by atoms with van der Waals surface area (Å²) in [5.74, 6) is -2.03. The molecule has 3 aliphatic rings. The summed E-state index contributed by atoms with van der Waals surface area (Å²) in [5, 5.41) is 2.74. The van der Waals surface area contributed by atoms with Gasteiger partial charge in [0.05, 0.1) is 42.3 Å². The van der Waals surface area contributed by atoms with Gasteiger partial charge < -0.3 is 29.2 Å². The van der Waals surface area contributed by atoms with Crippen LogP contribution in [0, 0.1) is 11.6 Å². The molecule has 0 radical (unpaired) electrons. The van der Waals surface area contributed by atoms with E-state index in [1.165, 1.54) is 30.2 Å². The molecule has 6 rings (SSSR count). The van der Waals surface area contributed by atoms with Crippen LogP contribution in [0.1, 0.15) is 43.1 Å². The zero-order valence-electron chi connectivity index (χ0n) is 24.5. The highest BCUT2D eigenvalue weighted by molar-refractivity contribution is 5.95. The molecule has 2 aromatic carbocycles. The number of esters is 1. The van der Waals surface area contributed by atoms with Crippen LogP contribution in [0.5, 0.6) is 0 Å². The Kier molecular flexibility index (Phi) is 7.87. The van der Waals surface area contributed by atoms with Crippen molar-refractivity contribution in [2.24, 2.45) is 0 Å². The fourth-order valence-corrected chi connectivity index (χ4v) is 5.81. The summed E-state index contributed by atoms with van der Waals surface area (Å²) < 4.78 is 43.0. The van der Waals surface area contributed by atoms with Gasteiger partial charge in [-0.05, 0) is 50.1 Å². The van der Waals surface area contributed by atoms with Gasteiger partial charge >= 0.3 is 12.1 Å². The molecule has 3 fully saturated rings. The Balaban J connectivity index is 1.18. The van der Waals surface area contributed by atoms with Gasteiger partial charge in [-0.15, -0.1) is 0 Å². The van der Waals surface area contributed by atoms with Gasteiger partial charge in [-0.3, -0.25) is 14.5 Å². The summed E-state index contributed by atoms with van der Waals surface area (Å²) in [6, 6.07) is 7.53. The zero-order chi connectivity index (χ0) is 31.1. The van der Waals surface area contributed by atoms with Gasteiger partial charge in [-0.2, -0.15) is 0 Å². The summed E-state index contributed by atoms with van der Waals surface area (Å²) in [6.45, 7) is 5.15. The van der Waals surface area contributed by atoms with Crippen LogP contribution in [0.4, 0.5) is 30.6 Å². The predicted molar refractivity (Wildman–Crippen MR) is 160 cm³/mol. The first kappa shape index (κ1) is 29.4. The predicted octanol–water partition coefficient (Wildman–Crippen LogP) is 3.58. The molecule has 232 valence electrons. The third-order valence-electron chi connectivity index (χ3n) is 8.19. The van der Waals surface area contributed by atoms with E-state index in [2.05, 4.69) is 5.32 Å². The number of halogens is 2. The molecular formula is C31H33F2N5O6. The molecule has 1 N–H and O–H groups in total. The molecule has 3 aromatic rings. The van der Waals surface area contributed by atoms with Crippen molar-refractivity contribution in [2.75, 3.05) is 60.6 Å². The summed E-state index contributed by atoms with van der Waals surface area (Å²) in [5.41, 5.74) is 0.953. The standard InChI is InChI=1S/C31H33F2N5O6/c1-3-43-30(41)23-17-37(19-4-5-19)27-14-28(25(33)13-22(27)29(23)40)36-10-8-35(9-11-36)26-7-6-20(12-24(26)32)38-16-21(44-31(38)42)15-34-18(2)39/h6-7,12-14,17,19,21H,3-5,8-11,15-16H2,1-2H3,(H,34,39)/t21-/m0/s1. The molecule has 13 heteroatoms. The van der Waals surface area contributed by atoms with Crippen molar-refractivity contribution in [2.45, 2.75) is 38.8 Å². The highest BCUT2D eigenvalue weighted by Crippen LogP contribution is 2.38. The van der Waals surface area contributed by atoms with Gasteiger partial charge in [-0.1, -0.05) is 0 Å². The van der Waals surface area contributed by atoms with Crippen LogP contribution < -0.4 is 25.4 Å². The monoisotopic (exact) mass is 609 g/mol. The van der Waals surface area contributed by atoms with E-state index in [0.717, 1.165) is 12.8 Å².